The molecule has 0 aliphatic heterocycles. The molecule has 0 aromatic carbocycles. The van der Waals surface area contributed by atoms with Crippen molar-refractivity contribution in [3.63, 3.8) is 0 Å². The molecule has 13 heavy (non-hydrogen) atoms. The van der Waals surface area contributed by atoms with E-state index in [2.05, 4.69) is 6.07 Å². The van der Waals surface area contributed by atoms with Gasteiger partial charge in [-0.25, -0.2) is 0 Å². The van der Waals surface area contributed by atoms with Crippen molar-refractivity contribution in [1.82, 2.24) is 0 Å². The summed E-state index contributed by atoms with van der Waals surface area (Å²) in [7, 11) is 0. The third-order valence-corrected chi connectivity index (χ3v) is 2.65. The fourth-order valence-corrected chi connectivity index (χ4v) is 2.03. The van der Waals surface area contributed by atoms with Crippen molar-refractivity contribution in [1.29, 1.82) is 5.26 Å². The first-order chi connectivity index (χ1) is 5.90. The van der Waals surface area contributed by atoms with Crippen LogP contribution in [-0.2, 0) is 4.79 Å². The molecular formula is C11H15NO. The molecule has 1 atom stereocenters. The molecule has 1 aliphatic rings. The monoisotopic (exact) mass is 177 g/mol. The van der Waals surface area contributed by atoms with Crippen molar-refractivity contribution in [3.8, 4) is 6.07 Å². The van der Waals surface area contributed by atoms with Gasteiger partial charge < -0.3 is 0 Å². The normalized spacial score (nSPS) is 23.2. The van der Waals surface area contributed by atoms with E-state index in [4.69, 9.17) is 5.26 Å². The van der Waals surface area contributed by atoms with Gasteiger partial charge in [-0.05, 0) is 20.3 Å². The van der Waals surface area contributed by atoms with Crippen molar-refractivity contribution in [3.05, 3.63) is 11.1 Å². The number of carbonyl (C=O) groups is 1. The van der Waals surface area contributed by atoms with Crippen LogP contribution >= 0.6 is 0 Å². The van der Waals surface area contributed by atoms with Crippen LogP contribution in [-0.4, -0.2) is 5.78 Å². The Balaban J connectivity index is 3.07. The number of nitriles is 1. The first kappa shape index (κ1) is 9.98. The Morgan fingerprint density at radius 2 is 2.08 bits per heavy atom. The maximum Gasteiger partial charge on any atom is 0.166 e. The summed E-state index contributed by atoms with van der Waals surface area (Å²) in [6.45, 7) is 7.62. The van der Waals surface area contributed by atoms with E-state index in [1.807, 2.05) is 20.8 Å². The number of hydrogen-bond acceptors (Lipinski definition) is 2. The van der Waals surface area contributed by atoms with Gasteiger partial charge in [0.05, 0.1) is 12.0 Å². The van der Waals surface area contributed by atoms with Crippen molar-refractivity contribution < 1.29 is 4.79 Å². The van der Waals surface area contributed by atoms with Crippen LogP contribution in [0.3, 0.4) is 0 Å². The van der Waals surface area contributed by atoms with Crippen molar-refractivity contribution in [2.24, 2.45) is 11.3 Å². The molecule has 0 N–H and O–H groups in total. The Morgan fingerprint density at radius 3 is 2.38 bits per heavy atom. The highest BCUT2D eigenvalue weighted by atomic mass is 16.1. The van der Waals surface area contributed by atoms with Crippen molar-refractivity contribution in [2.45, 2.75) is 34.1 Å². The largest absolute Gasteiger partial charge is 0.294 e. The zero-order chi connectivity index (χ0) is 10.2. The summed E-state index contributed by atoms with van der Waals surface area (Å²) in [6, 6.07) is 2.13. The van der Waals surface area contributed by atoms with E-state index < -0.39 is 0 Å². The van der Waals surface area contributed by atoms with Gasteiger partial charge in [0, 0.05) is 11.0 Å². The maximum absolute atomic E-state index is 11.8. The lowest BCUT2D eigenvalue weighted by Crippen LogP contribution is -2.21. The fourth-order valence-electron chi connectivity index (χ4n) is 2.03. The molecular weight excluding hydrogens is 162 g/mol. The summed E-state index contributed by atoms with van der Waals surface area (Å²) < 4.78 is 0. The highest BCUT2D eigenvalue weighted by Gasteiger charge is 2.39. The molecule has 70 valence electrons. The Morgan fingerprint density at radius 1 is 1.54 bits per heavy atom. The second kappa shape index (κ2) is 2.99. The van der Waals surface area contributed by atoms with Gasteiger partial charge in [-0.1, -0.05) is 19.4 Å². The van der Waals surface area contributed by atoms with Gasteiger partial charge in [0.1, 0.15) is 0 Å². The van der Waals surface area contributed by atoms with E-state index in [0.717, 1.165) is 17.6 Å². The van der Waals surface area contributed by atoms with Crippen molar-refractivity contribution in [2.75, 3.05) is 0 Å². The minimum atomic E-state index is -0.287. The number of ketones is 1. The van der Waals surface area contributed by atoms with E-state index in [1.54, 1.807) is 6.92 Å². The van der Waals surface area contributed by atoms with E-state index in [0.29, 0.717) is 0 Å². The summed E-state index contributed by atoms with van der Waals surface area (Å²) in [5, 5.41) is 8.76. The molecule has 0 saturated carbocycles. The molecule has 1 rings (SSSR count). The predicted octanol–water partition coefficient (Wildman–Crippen LogP) is 2.46. The molecule has 0 radical (unpaired) electrons. The molecule has 2 heteroatoms. The molecule has 2 nitrogen and oxygen atoms in total. The van der Waals surface area contributed by atoms with Crippen LogP contribution in [0.15, 0.2) is 11.1 Å². The SMILES string of the molecule is CC1=C(C(C)C#N)C(=O)C(C)(C)C1. The molecule has 0 fully saturated rings. The molecule has 0 aromatic heterocycles. The van der Waals surface area contributed by atoms with Crippen LogP contribution in [0.2, 0.25) is 0 Å². The molecule has 0 heterocycles. The Labute approximate surface area is 79.2 Å². The van der Waals surface area contributed by atoms with Crippen molar-refractivity contribution >= 4 is 5.78 Å². The summed E-state index contributed by atoms with van der Waals surface area (Å²) in [5.41, 5.74) is 1.54. The Hall–Kier alpha value is -1.10. The quantitative estimate of drug-likeness (QED) is 0.617. The number of carbonyl (C=O) groups excluding carboxylic acids is 1. The lowest BCUT2D eigenvalue weighted by atomic mass is 9.86. The fraction of sp³-hybridized carbons (Fsp3) is 0.636. The molecule has 1 aliphatic carbocycles. The zero-order valence-corrected chi connectivity index (χ0v) is 8.64. The first-order valence-corrected chi connectivity index (χ1v) is 4.54. The minimum Gasteiger partial charge on any atom is -0.294 e. The van der Waals surface area contributed by atoms with Gasteiger partial charge in [-0.2, -0.15) is 5.26 Å². The lowest BCUT2D eigenvalue weighted by Gasteiger charge is -2.15. The maximum atomic E-state index is 11.8. The topological polar surface area (TPSA) is 40.9 Å². The third kappa shape index (κ3) is 1.51. The minimum absolute atomic E-state index is 0.152. The first-order valence-electron chi connectivity index (χ1n) is 4.54. The zero-order valence-electron chi connectivity index (χ0n) is 8.64. The van der Waals surface area contributed by atoms with Gasteiger partial charge in [-0.15, -0.1) is 0 Å². The Kier molecular flexibility index (Phi) is 2.30. The number of nitrogens with zero attached hydrogens (tertiary/aromatic N) is 1. The highest BCUT2D eigenvalue weighted by Crippen LogP contribution is 2.40. The second-order valence-electron chi connectivity index (χ2n) is 4.43. The molecule has 0 bridgehead atoms. The van der Waals surface area contributed by atoms with E-state index in [-0.39, 0.29) is 17.1 Å². The summed E-state index contributed by atoms with van der Waals surface area (Å²) in [4.78, 5) is 11.8. The lowest BCUT2D eigenvalue weighted by molar-refractivity contribution is -0.122. The molecule has 0 amide bonds. The van der Waals surface area contributed by atoms with Gasteiger partial charge >= 0.3 is 0 Å². The van der Waals surface area contributed by atoms with Crippen LogP contribution in [0, 0.1) is 22.7 Å². The van der Waals surface area contributed by atoms with E-state index in [1.165, 1.54) is 0 Å². The average molecular weight is 177 g/mol. The smallest absolute Gasteiger partial charge is 0.166 e. The summed E-state index contributed by atoms with van der Waals surface area (Å²) >= 11 is 0. The molecule has 0 spiro atoms. The molecule has 0 aromatic rings. The van der Waals surface area contributed by atoms with Crippen LogP contribution in [0.5, 0.6) is 0 Å². The van der Waals surface area contributed by atoms with E-state index in [9.17, 15) is 4.79 Å². The number of hydrogen-bond donors (Lipinski definition) is 0. The number of rotatable bonds is 1. The van der Waals surface area contributed by atoms with Crippen LogP contribution in [0.25, 0.3) is 0 Å². The average Bonchev–Trinajstić information content (AvgIpc) is 2.21. The van der Waals surface area contributed by atoms with Gasteiger partial charge in [0.25, 0.3) is 0 Å². The predicted molar refractivity (Wildman–Crippen MR) is 50.9 cm³/mol. The van der Waals surface area contributed by atoms with E-state index >= 15 is 0 Å². The number of Topliss-reactive ketones (excluding diaryl/α,β-unsaturated/α-hetero) is 1. The highest BCUT2D eigenvalue weighted by molar-refractivity contribution is 6.03. The van der Waals surface area contributed by atoms with Gasteiger partial charge in [0.15, 0.2) is 5.78 Å². The van der Waals surface area contributed by atoms with Crippen LogP contribution in [0.4, 0.5) is 0 Å². The van der Waals surface area contributed by atoms with Crippen LogP contribution < -0.4 is 0 Å². The molecule has 1 unspecified atom stereocenters. The van der Waals surface area contributed by atoms with Gasteiger partial charge in [0.2, 0.25) is 0 Å². The standard InChI is InChI=1S/C11H15NO/c1-7-5-11(3,4)10(13)9(7)8(2)6-12/h8H,5H2,1-4H3. The summed E-state index contributed by atoms with van der Waals surface area (Å²) in [5.74, 6) is -0.103. The third-order valence-electron chi connectivity index (χ3n) is 2.65. The van der Waals surface area contributed by atoms with Crippen LogP contribution in [0.1, 0.15) is 34.1 Å². The second-order valence-corrected chi connectivity index (χ2v) is 4.43. The van der Waals surface area contributed by atoms with Gasteiger partial charge in [-0.3, -0.25) is 4.79 Å². The Bertz CT molecular complexity index is 317. The summed E-state index contributed by atoms with van der Waals surface area (Å²) in [6.07, 6.45) is 0.799. The molecule has 0 saturated heterocycles. The number of allylic oxidation sites excluding steroid dienone is 2.